The summed E-state index contributed by atoms with van der Waals surface area (Å²) in [4.78, 5) is 12.8. The SMILES string of the molecule is CCN1CCCC1CNS(=O)(=O)c1cc(C(=O)O)oc1Br. The molecule has 1 aromatic heterocycles. The van der Waals surface area contributed by atoms with Crippen molar-refractivity contribution in [3.63, 3.8) is 0 Å². The van der Waals surface area contributed by atoms with Crippen molar-refractivity contribution in [2.24, 2.45) is 0 Å². The fourth-order valence-electron chi connectivity index (χ4n) is 2.47. The molecule has 1 aliphatic rings. The summed E-state index contributed by atoms with van der Waals surface area (Å²) in [5.74, 6) is -1.73. The van der Waals surface area contributed by atoms with Gasteiger partial charge < -0.3 is 9.52 Å². The Morgan fingerprint density at radius 3 is 2.90 bits per heavy atom. The van der Waals surface area contributed by atoms with Crippen LogP contribution in [0.3, 0.4) is 0 Å². The molecule has 21 heavy (non-hydrogen) atoms. The number of carboxylic acids is 1. The maximum atomic E-state index is 12.2. The molecule has 1 aliphatic heterocycles. The highest BCUT2D eigenvalue weighted by Gasteiger charge is 2.28. The van der Waals surface area contributed by atoms with Crippen molar-refractivity contribution < 1.29 is 22.7 Å². The van der Waals surface area contributed by atoms with Gasteiger partial charge in [-0.1, -0.05) is 6.92 Å². The summed E-state index contributed by atoms with van der Waals surface area (Å²) in [6.07, 6.45) is 2.00. The van der Waals surface area contributed by atoms with Gasteiger partial charge in [0, 0.05) is 18.7 Å². The third-order valence-electron chi connectivity index (χ3n) is 3.57. The highest BCUT2D eigenvalue weighted by Crippen LogP contribution is 2.26. The number of likely N-dealkylation sites (N-methyl/N-ethyl adjacent to an activating group) is 1. The van der Waals surface area contributed by atoms with Crippen molar-refractivity contribution in [3.05, 3.63) is 16.5 Å². The zero-order chi connectivity index (χ0) is 15.6. The first-order valence-corrected chi connectivity index (χ1v) is 8.89. The van der Waals surface area contributed by atoms with Crippen molar-refractivity contribution in [2.45, 2.75) is 30.7 Å². The van der Waals surface area contributed by atoms with Crippen molar-refractivity contribution in [3.8, 4) is 0 Å². The molecule has 1 fully saturated rings. The molecule has 2 N–H and O–H groups in total. The fraction of sp³-hybridized carbons (Fsp3) is 0.583. The summed E-state index contributed by atoms with van der Waals surface area (Å²) in [6, 6.07) is 1.18. The Balaban J connectivity index is 2.10. The van der Waals surface area contributed by atoms with E-state index >= 15 is 0 Å². The Bertz CT molecular complexity index is 628. The van der Waals surface area contributed by atoms with Crippen LogP contribution in [0.5, 0.6) is 0 Å². The van der Waals surface area contributed by atoms with Gasteiger partial charge in [0.2, 0.25) is 15.8 Å². The second-order valence-electron chi connectivity index (χ2n) is 4.83. The van der Waals surface area contributed by atoms with E-state index in [1.165, 1.54) is 0 Å². The van der Waals surface area contributed by atoms with Gasteiger partial charge in [-0.2, -0.15) is 0 Å². The number of aromatic carboxylic acids is 1. The van der Waals surface area contributed by atoms with Crippen LogP contribution in [0.25, 0.3) is 0 Å². The second-order valence-corrected chi connectivity index (χ2v) is 7.29. The normalized spacial score (nSPS) is 20.0. The van der Waals surface area contributed by atoms with E-state index in [0.29, 0.717) is 6.54 Å². The maximum Gasteiger partial charge on any atom is 0.371 e. The van der Waals surface area contributed by atoms with E-state index in [9.17, 15) is 13.2 Å². The summed E-state index contributed by atoms with van der Waals surface area (Å²) in [7, 11) is -3.80. The molecule has 0 saturated carbocycles. The summed E-state index contributed by atoms with van der Waals surface area (Å²) in [5, 5.41) is 8.82. The number of furan rings is 1. The number of hydrogen-bond acceptors (Lipinski definition) is 5. The predicted molar refractivity (Wildman–Crippen MR) is 78.8 cm³/mol. The molecule has 1 unspecified atom stereocenters. The lowest BCUT2D eigenvalue weighted by molar-refractivity contribution is 0.0661. The smallest absolute Gasteiger partial charge is 0.371 e. The number of nitrogens with zero attached hydrogens (tertiary/aromatic N) is 1. The number of likely N-dealkylation sites (tertiary alicyclic amines) is 1. The minimum atomic E-state index is -3.80. The van der Waals surface area contributed by atoms with Crippen LogP contribution in [0.2, 0.25) is 0 Å². The second kappa shape index (κ2) is 6.47. The Morgan fingerprint density at radius 2 is 2.33 bits per heavy atom. The molecule has 0 bridgehead atoms. The molecule has 0 radical (unpaired) electrons. The molecular weight excluding hydrogens is 364 g/mol. The Hall–Kier alpha value is -0.900. The summed E-state index contributed by atoms with van der Waals surface area (Å²) in [6.45, 7) is 4.20. The van der Waals surface area contributed by atoms with Gasteiger partial charge in [-0.3, -0.25) is 4.90 Å². The number of carbonyl (C=O) groups is 1. The van der Waals surface area contributed by atoms with Gasteiger partial charge in [-0.05, 0) is 41.9 Å². The van der Waals surface area contributed by atoms with Gasteiger partial charge in [0.05, 0.1) is 0 Å². The molecule has 1 saturated heterocycles. The molecule has 9 heteroatoms. The molecule has 1 atom stereocenters. The standard InChI is InChI=1S/C12H17BrN2O5S/c1-2-15-5-3-4-8(15)7-14-21(18,19)10-6-9(12(16)17)20-11(10)13/h6,8,14H,2-5,7H2,1H3,(H,16,17). The minimum absolute atomic E-state index is 0.105. The molecule has 7 nitrogen and oxygen atoms in total. The molecule has 2 heterocycles. The van der Waals surface area contributed by atoms with Crippen molar-refractivity contribution >= 4 is 31.9 Å². The molecule has 118 valence electrons. The van der Waals surface area contributed by atoms with Crippen molar-refractivity contribution in [1.82, 2.24) is 9.62 Å². The first-order valence-electron chi connectivity index (χ1n) is 6.61. The monoisotopic (exact) mass is 380 g/mol. The number of halogens is 1. The molecule has 0 amide bonds. The largest absolute Gasteiger partial charge is 0.475 e. The van der Waals surface area contributed by atoms with E-state index in [-0.39, 0.29) is 15.6 Å². The number of sulfonamides is 1. The van der Waals surface area contributed by atoms with E-state index < -0.39 is 21.8 Å². The molecule has 0 spiro atoms. The highest BCUT2D eigenvalue weighted by atomic mass is 79.9. The van der Waals surface area contributed by atoms with Crippen molar-refractivity contribution in [1.29, 1.82) is 0 Å². The van der Waals surface area contributed by atoms with Crippen LogP contribution in [-0.2, 0) is 10.0 Å². The first-order chi connectivity index (χ1) is 9.85. The van der Waals surface area contributed by atoms with Gasteiger partial charge in [-0.15, -0.1) is 0 Å². The number of rotatable bonds is 6. The van der Waals surface area contributed by atoms with Gasteiger partial charge >= 0.3 is 5.97 Å². The fourth-order valence-corrected chi connectivity index (χ4v) is 4.48. The Labute approximate surface area is 131 Å². The van der Waals surface area contributed by atoms with Crippen LogP contribution in [0.4, 0.5) is 0 Å². The van der Waals surface area contributed by atoms with Gasteiger partial charge in [0.25, 0.3) is 0 Å². The lowest BCUT2D eigenvalue weighted by Gasteiger charge is -2.22. The lowest BCUT2D eigenvalue weighted by Crippen LogP contribution is -2.39. The minimum Gasteiger partial charge on any atom is -0.475 e. The first kappa shape index (κ1) is 16.5. The zero-order valence-corrected chi connectivity index (χ0v) is 13.9. The van der Waals surface area contributed by atoms with E-state index in [1.807, 2.05) is 6.92 Å². The van der Waals surface area contributed by atoms with Crippen LogP contribution < -0.4 is 4.72 Å². The van der Waals surface area contributed by atoms with Gasteiger partial charge in [0.15, 0.2) is 4.67 Å². The van der Waals surface area contributed by atoms with Crippen LogP contribution in [0, 0.1) is 0 Å². The van der Waals surface area contributed by atoms with Crippen LogP contribution in [0.1, 0.15) is 30.3 Å². The predicted octanol–water partition coefficient (Wildman–Crippen LogP) is 1.50. The van der Waals surface area contributed by atoms with Gasteiger partial charge in [-0.25, -0.2) is 17.9 Å². The van der Waals surface area contributed by atoms with E-state index in [4.69, 9.17) is 9.52 Å². The van der Waals surface area contributed by atoms with E-state index in [0.717, 1.165) is 32.0 Å². The quantitative estimate of drug-likeness (QED) is 0.775. The maximum absolute atomic E-state index is 12.2. The highest BCUT2D eigenvalue weighted by molar-refractivity contribution is 9.10. The van der Waals surface area contributed by atoms with Gasteiger partial charge in [0.1, 0.15) is 4.90 Å². The average molecular weight is 381 g/mol. The van der Waals surface area contributed by atoms with Crippen molar-refractivity contribution in [2.75, 3.05) is 19.6 Å². The summed E-state index contributed by atoms with van der Waals surface area (Å²) >= 11 is 2.94. The summed E-state index contributed by atoms with van der Waals surface area (Å²) in [5.41, 5.74) is 0. The van der Waals surface area contributed by atoms with Crippen LogP contribution >= 0.6 is 15.9 Å². The number of carboxylic acid groups (broad SMARTS) is 1. The third-order valence-corrected chi connectivity index (χ3v) is 5.85. The number of nitrogens with one attached hydrogen (secondary N) is 1. The lowest BCUT2D eigenvalue weighted by atomic mass is 10.2. The number of hydrogen-bond donors (Lipinski definition) is 2. The zero-order valence-electron chi connectivity index (χ0n) is 11.5. The molecule has 1 aromatic rings. The molecule has 0 aromatic carbocycles. The Morgan fingerprint density at radius 1 is 1.62 bits per heavy atom. The van der Waals surface area contributed by atoms with E-state index in [2.05, 4.69) is 25.6 Å². The van der Waals surface area contributed by atoms with E-state index in [1.54, 1.807) is 0 Å². The summed E-state index contributed by atoms with van der Waals surface area (Å²) < 4.78 is 31.7. The Kier molecular flexibility index (Phi) is 5.07. The molecule has 2 rings (SSSR count). The molecular formula is C12H17BrN2O5S. The topological polar surface area (TPSA) is 99.9 Å². The third kappa shape index (κ3) is 3.65. The average Bonchev–Trinajstić information content (AvgIpc) is 3.02. The van der Waals surface area contributed by atoms with Crippen LogP contribution in [0.15, 0.2) is 20.0 Å². The molecule has 0 aliphatic carbocycles. The van der Waals surface area contributed by atoms with Crippen LogP contribution in [-0.4, -0.2) is 50.1 Å².